The molecule has 0 aliphatic carbocycles. The summed E-state index contributed by atoms with van der Waals surface area (Å²) in [5, 5.41) is 0. The fourth-order valence-corrected chi connectivity index (χ4v) is 1.97. The predicted molar refractivity (Wildman–Crippen MR) is 86.8 cm³/mol. The highest BCUT2D eigenvalue weighted by atomic mass is 32.1. The van der Waals surface area contributed by atoms with E-state index in [4.69, 9.17) is 22.7 Å². The summed E-state index contributed by atoms with van der Waals surface area (Å²) in [4.78, 5) is 16.4. The van der Waals surface area contributed by atoms with Crippen molar-refractivity contribution in [2.24, 2.45) is 11.7 Å². The highest BCUT2D eigenvalue weighted by Crippen LogP contribution is 2.02. The lowest BCUT2D eigenvalue weighted by Gasteiger charge is -2.25. The summed E-state index contributed by atoms with van der Waals surface area (Å²) in [6, 6.07) is 0. The van der Waals surface area contributed by atoms with Gasteiger partial charge in [0.05, 0.1) is 11.6 Å². The first-order valence-corrected chi connectivity index (χ1v) is 7.51. The SMILES string of the molecule is COCCN(CCC(=O)N(C)CCC(N)=S)CC(C)C. The lowest BCUT2D eigenvalue weighted by molar-refractivity contribution is -0.130. The minimum absolute atomic E-state index is 0.132. The van der Waals surface area contributed by atoms with Crippen molar-refractivity contribution in [3.8, 4) is 0 Å². The Morgan fingerprint density at radius 2 is 1.90 bits per heavy atom. The van der Waals surface area contributed by atoms with Gasteiger partial charge in [-0.2, -0.15) is 0 Å². The zero-order chi connectivity index (χ0) is 15.5. The Kier molecular flexibility index (Phi) is 10.6. The van der Waals surface area contributed by atoms with Crippen LogP contribution in [0, 0.1) is 5.92 Å². The van der Waals surface area contributed by atoms with Crippen molar-refractivity contribution < 1.29 is 9.53 Å². The molecule has 118 valence electrons. The molecule has 0 spiro atoms. The van der Waals surface area contributed by atoms with Gasteiger partial charge in [0.25, 0.3) is 0 Å². The van der Waals surface area contributed by atoms with E-state index in [0.29, 0.717) is 36.9 Å². The topological polar surface area (TPSA) is 58.8 Å². The average molecular weight is 303 g/mol. The third-order valence-corrected chi connectivity index (χ3v) is 3.20. The van der Waals surface area contributed by atoms with E-state index in [9.17, 15) is 4.79 Å². The molecule has 0 saturated heterocycles. The monoisotopic (exact) mass is 303 g/mol. The number of methoxy groups -OCH3 is 1. The number of rotatable bonds is 11. The number of carbonyl (C=O) groups excluding carboxylic acids is 1. The van der Waals surface area contributed by atoms with E-state index < -0.39 is 0 Å². The van der Waals surface area contributed by atoms with Crippen LogP contribution < -0.4 is 5.73 Å². The molecule has 0 bridgehead atoms. The lowest BCUT2D eigenvalue weighted by Crippen LogP contribution is -2.36. The van der Waals surface area contributed by atoms with Crippen LogP contribution in [0.2, 0.25) is 0 Å². The van der Waals surface area contributed by atoms with Crippen molar-refractivity contribution >= 4 is 23.1 Å². The molecule has 0 aliphatic heterocycles. The molecule has 2 N–H and O–H groups in total. The molecule has 0 fully saturated rings. The maximum atomic E-state index is 12.0. The van der Waals surface area contributed by atoms with Gasteiger partial charge in [0.15, 0.2) is 0 Å². The minimum Gasteiger partial charge on any atom is -0.393 e. The number of amides is 1. The van der Waals surface area contributed by atoms with Crippen LogP contribution in [0.1, 0.15) is 26.7 Å². The second-order valence-electron chi connectivity index (χ2n) is 5.47. The summed E-state index contributed by atoms with van der Waals surface area (Å²) in [5.41, 5.74) is 5.44. The van der Waals surface area contributed by atoms with Crippen molar-refractivity contribution in [2.75, 3.05) is 46.9 Å². The molecule has 0 aromatic heterocycles. The molecule has 0 heterocycles. The molecule has 0 aromatic rings. The van der Waals surface area contributed by atoms with E-state index >= 15 is 0 Å². The lowest BCUT2D eigenvalue weighted by atomic mass is 10.2. The van der Waals surface area contributed by atoms with Crippen LogP contribution >= 0.6 is 12.2 Å². The van der Waals surface area contributed by atoms with Crippen molar-refractivity contribution in [3.05, 3.63) is 0 Å². The van der Waals surface area contributed by atoms with E-state index in [0.717, 1.165) is 19.6 Å². The van der Waals surface area contributed by atoms with Crippen molar-refractivity contribution in [2.45, 2.75) is 26.7 Å². The van der Waals surface area contributed by atoms with E-state index in [-0.39, 0.29) is 5.91 Å². The molecule has 0 rings (SSSR count). The van der Waals surface area contributed by atoms with Gasteiger partial charge in [0.2, 0.25) is 5.91 Å². The van der Waals surface area contributed by atoms with Crippen LogP contribution in [0.3, 0.4) is 0 Å². The molecule has 0 atom stereocenters. The van der Waals surface area contributed by atoms with Gasteiger partial charge in [-0.3, -0.25) is 4.79 Å². The van der Waals surface area contributed by atoms with E-state index in [1.54, 1.807) is 19.1 Å². The standard InChI is InChI=1S/C14H29N3O2S/c1-12(2)11-17(9-10-19-4)8-6-14(18)16(3)7-5-13(15)20/h12H,5-11H2,1-4H3,(H2,15,20). The van der Waals surface area contributed by atoms with Crippen LogP contribution in [-0.2, 0) is 9.53 Å². The average Bonchev–Trinajstić information content (AvgIpc) is 2.37. The fraction of sp³-hybridized carbons (Fsp3) is 0.857. The quantitative estimate of drug-likeness (QED) is 0.580. The van der Waals surface area contributed by atoms with Gasteiger partial charge < -0.3 is 20.3 Å². The zero-order valence-electron chi connectivity index (χ0n) is 13.2. The fourth-order valence-electron chi connectivity index (χ4n) is 1.88. The van der Waals surface area contributed by atoms with Gasteiger partial charge in [0.1, 0.15) is 0 Å². The third kappa shape index (κ3) is 10.1. The van der Waals surface area contributed by atoms with E-state index in [1.165, 1.54) is 0 Å². The van der Waals surface area contributed by atoms with Crippen LogP contribution in [0.4, 0.5) is 0 Å². The summed E-state index contributed by atoms with van der Waals surface area (Å²) in [6.07, 6.45) is 1.10. The van der Waals surface area contributed by atoms with Gasteiger partial charge in [-0.25, -0.2) is 0 Å². The number of nitrogens with two attached hydrogens (primary N) is 1. The Hall–Kier alpha value is -0.720. The molecule has 0 aliphatic rings. The van der Waals surface area contributed by atoms with Crippen LogP contribution in [-0.4, -0.2) is 67.6 Å². The number of carbonyl (C=O) groups is 1. The highest BCUT2D eigenvalue weighted by Gasteiger charge is 2.13. The maximum absolute atomic E-state index is 12.0. The number of hydrogen-bond donors (Lipinski definition) is 1. The highest BCUT2D eigenvalue weighted by molar-refractivity contribution is 7.80. The largest absolute Gasteiger partial charge is 0.393 e. The number of thiocarbonyl (C=S) groups is 1. The smallest absolute Gasteiger partial charge is 0.223 e. The Morgan fingerprint density at radius 1 is 1.25 bits per heavy atom. The Labute approximate surface area is 128 Å². The van der Waals surface area contributed by atoms with Gasteiger partial charge in [-0.15, -0.1) is 0 Å². The summed E-state index contributed by atoms with van der Waals surface area (Å²) in [7, 11) is 3.49. The predicted octanol–water partition coefficient (Wildman–Crippen LogP) is 1.12. The minimum atomic E-state index is 0.132. The third-order valence-electron chi connectivity index (χ3n) is 3.00. The van der Waals surface area contributed by atoms with Gasteiger partial charge in [-0.05, 0) is 5.92 Å². The molecular weight excluding hydrogens is 274 g/mol. The van der Waals surface area contributed by atoms with E-state index in [2.05, 4.69) is 18.7 Å². The summed E-state index contributed by atoms with van der Waals surface area (Å²) in [6.45, 7) is 8.24. The molecular formula is C14H29N3O2S. The molecule has 0 saturated carbocycles. The Morgan fingerprint density at radius 3 is 2.40 bits per heavy atom. The number of hydrogen-bond acceptors (Lipinski definition) is 4. The van der Waals surface area contributed by atoms with Crippen LogP contribution in [0.15, 0.2) is 0 Å². The molecule has 5 nitrogen and oxygen atoms in total. The molecule has 20 heavy (non-hydrogen) atoms. The van der Waals surface area contributed by atoms with Crippen molar-refractivity contribution in [1.29, 1.82) is 0 Å². The second kappa shape index (κ2) is 11.0. The number of nitrogens with zero attached hydrogens (tertiary/aromatic N) is 2. The molecule has 6 heteroatoms. The van der Waals surface area contributed by atoms with Gasteiger partial charge in [-0.1, -0.05) is 26.1 Å². The molecule has 1 amide bonds. The van der Waals surface area contributed by atoms with Crippen molar-refractivity contribution in [3.63, 3.8) is 0 Å². The van der Waals surface area contributed by atoms with Crippen molar-refractivity contribution in [1.82, 2.24) is 9.80 Å². The number of ether oxygens (including phenoxy) is 1. The summed E-state index contributed by atoms with van der Waals surface area (Å²) >= 11 is 4.82. The first kappa shape index (κ1) is 19.3. The van der Waals surface area contributed by atoms with Crippen LogP contribution in [0.25, 0.3) is 0 Å². The Bertz CT molecular complexity index is 298. The first-order valence-electron chi connectivity index (χ1n) is 7.10. The summed E-state index contributed by atoms with van der Waals surface area (Å²) in [5.74, 6) is 0.710. The molecule has 0 radical (unpaired) electrons. The molecule has 0 unspecified atom stereocenters. The van der Waals surface area contributed by atoms with Crippen LogP contribution in [0.5, 0.6) is 0 Å². The normalized spacial score (nSPS) is 11.1. The van der Waals surface area contributed by atoms with Gasteiger partial charge in [0, 0.05) is 53.2 Å². The Balaban J connectivity index is 4.10. The second-order valence-corrected chi connectivity index (χ2v) is 5.99. The van der Waals surface area contributed by atoms with Gasteiger partial charge >= 0.3 is 0 Å². The maximum Gasteiger partial charge on any atom is 0.223 e. The molecule has 0 aromatic carbocycles. The van der Waals surface area contributed by atoms with E-state index in [1.807, 2.05) is 0 Å². The summed E-state index contributed by atoms with van der Waals surface area (Å²) < 4.78 is 5.11. The first-order chi connectivity index (χ1) is 9.36. The zero-order valence-corrected chi connectivity index (χ0v) is 14.0.